The molecule has 1 fully saturated rings. The Morgan fingerprint density at radius 1 is 1.30 bits per heavy atom. The van der Waals surface area contributed by atoms with Gasteiger partial charge in [0.05, 0.1) is 19.8 Å². The van der Waals surface area contributed by atoms with E-state index >= 15 is 0 Å². The summed E-state index contributed by atoms with van der Waals surface area (Å²) in [6.07, 6.45) is 4.40. The first kappa shape index (κ1) is 17.5. The lowest BCUT2D eigenvalue weighted by atomic mass is 10.3. The molecular weight excluding hydrogens is 292 g/mol. The molecule has 1 aromatic rings. The smallest absolute Gasteiger partial charge is 0.213 e. The van der Waals surface area contributed by atoms with E-state index in [4.69, 9.17) is 9.47 Å². The molecule has 6 heteroatoms. The summed E-state index contributed by atoms with van der Waals surface area (Å²) < 4.78 is 11.0. The average Bonchev–Trinajstić information content (AvgIpc) is 3.40. The van der Waals surface area contributed by atoms with Gasteiger partial charge in [0, 0.05) is 32.0 Å². The topological polar surface area (TPSA) is 67.8 Å². The third-order valence-electron chi connectivity index (χ3n) is 3.47. The summed E-state index contributed by atoms with van der Waals surface area (Å²) in [5.41, 5.74) is 1.06. The van der Waals surface area contributed by atoms with E-state index in [9.17, 15) is 0 Å². The van der Waals surface area contributed by atoms with Gasteiger partial charge in [-0.3, -0.25) is 0 Å². The molecule has 128 valence electrons. The van der Waals surface area contributed by atoms with Gasteiger partial charge in [-0.05, 0) is 38.2 Å². The van der Waals surface area contributed by atoms with Crippen LogP contribution in [0.2, 0.25) is 0 Å². The average molecular weight is 320 g/mol. The molecule has 1 heterocycles. The Bertz CT molecular complexity index is 472. The van der Waals surface area contributed by atoms with E-state index < -0.39 is 0 Å². The quantitative estimate of drug-likeness (QED) is 0.392. The van der Waals surface area contributed by atoms with Crippen LogP contribution in [0.3, 0.4) is 0 Å². The van der Waals surface area contributed by atoms with E-state index in [-0.39, 0.29) is 0 Å². The Morgan fingerprint density at radius 2 is 2.17 bits per heavy atom. The minimum absolute atomic E-state index is 0.583. The minimum Gasteiger partial charge on any atom is -0.477 e. The summed E-state index contributed by atoms with van der Waals surface area (Å²) in [5.74, 6) is 2.24. The second-order valence-electron chi connectivity index (χ2n) is 5.58. The number of hydrogen-bond donors (Lipinski definition) is 2. The standard InChI is InChI=1S/C17H28N4O2/c1-3-18-17(19-9-10-22-4-2)21-12-15-7-8-16(20-11-15)23-13-14-5-6-14/h7-8,11,14H,3-6,9-10,12-13H2,1-2H3,(H2,18,19,21). The van der Waals surface area contributed by atoms with Crippen LogP contribution in [0.15, 0.2) is 23.3 Å². The zero-order valence-electron chi connectivity index (χ0n) is 14.2. The molecule has 0 radical (unpaired) electrons. The van der Waals surface area contributed by atoms with Gasteiger partial charge in [0.1, 0.15) is 0 Å². The van der Waals surface area contributed by atoms with Gasteiger partial charge in [-0.2, -0.15) is 0 Å². The fourth-order valence-corrected chi connectivity index (χ4v) is 1.98. The number of nitrogens with one attached hydrogen (secondary N) is 2. The summed E-state index contributed by atoms with van der Waals surface area (Å²) in [4.78, 5) is 8.89. The molecule has 0 aromatic carbocycles. The summed E-state index contributed by atoms with van der Waals surface area (Å²) in [6.45, 7) is 8.39. The number of pyridine rings is 1. The van der Waals surface area contributed by atoms with Crippen molar-refractivity contribution in [3.63, 3.8) is 0 Å². The molecule has 0 amide bonds. The van der Waals surface area contributed by atoms with Gasteiger partial charge in [-0.15, -0.1) is 0 Å². The normalized spacial score (nSPS) is 14.6. The molecular formula is C17H28N4O2. The third-order valence-corrected chi connectivity index (χ3v) is 3.47. The van der Waals surface area contributed by atoms with Crippen molar-refractivity contribution in [2.24, 2.45) is 10.9 Å². The van der Waals surface area contributed by atoms with Gasteiger partial charge in [0.25, 0.3) is 0 Å². The van der Waals surface area contributed by atoms with Crippen molar-refractivity contribution in [1.82, 2.24) is 15.6 Å². The van der Waals surface area contributed by atoms with Gasteiger partial charge >= 0.3 is 0 Å². The van der Waals surface area contributed by atoms with E-state index in [0.717, 1.165) is 43.7 Å². The van der Waals surface area contributed by atoms with Crippen LogP contribution in [0.5, 0.6) is 5.88 Å². The Balaban J connectivity index is 1.77. The number of nitrogens with zero attached hydrogens (tertiary/aromatic N) is 2. The number of guanidine groups is 1. The van der Waals surface area contributed by atoms with Crippen LogP contribution in [0, 0.1) is 5.92 Å². The van der Waals surface area contributed by atoms with Gasteiger partial charge < -0.3 is 20.1 Å². The SMILES string of the molecule is CCNC(=NCc1ccc(OCC2CC2)nc1)NCCOCC. The summed E-state index contributed by atoms with van der Waals surface area (Å²) >= 11 is 0. The first-order chi connectivity index (χ1) is 11.3. The van der Waals surface area contributed by atoms with Crippen LogP contribution < -0.4 is 15.4 Å². The number of aromatic nitrogens is 1. The zero-order valence-corrected chi connectivity index (χ0v) is 14.2. The molecule has 1 aromatic heterocycles. The second-order valence-corrected chi connectivity index (χ2v) is 5.58. The predicted octanol–water partition coefficient (Wildman–Crippen LogP) is 1.96. The molecule has 6 nitrogen and oxygen atoms in total. The van der Waals surface area contributed by atoms with Gasteiger partial charge in [-0.25, -0.2) is 9.98 Å². The molecule has 0 aliphatic heterocycles. The van der Waals surface area contributed by atoms with Crippen LogP contribution >= 0.6 is 0 Å². The lowest BCUT2D eigenvalue weighted by molar-refractivity contribution is 0.152. The van der Waals surface area contributed by atoms with Crippen LogP contribution in [0.4, 0.5) is 0 Å². The number of ether oxygens (including phenoxy) is 2. The first-order valence-electron chi connectivity index (χ1n) is 8.49. The summed E-state index contributed by atoms with van der Waals surface area (Å²) in [6, 6.07) is 3.94. The summed E-state index contributed by atoms with van der Waals surface area (Å²) in [7, 11) is 0. The van der Waals surface area contributed by atoms with Crippen molar-refractivity contribution < 1.29 is 9.47 Å². The van der Waals surface area contributed by atoms with Crippen molar-refractivity contribution in [2.45, 2.75) is 33.2 Å². The second kappa shape index (κ2) is 10.0. The number of hydrogen-bond acceptors (Lipinski definition) is 4. The lowest BCUT2D eigenvalue weighted by Crippen LogP contribution is -2.39. The van der Waals surface area contributed by atoms with Crippen molar-refractivity contribution in [2.75, 3.05) is 32.9 Å². The van der Waals surface area contributed by atoms with Gasteiger partial charge in [-0.1, -0.05) is 6.07 Å². The molecule has 0 saturated heterocycles. The highest BCUT2D eigenvalue weighted by atomic mass is 16.5. The van der Waals surface area contributed by atoms with E-state index in [1.54, 1.807) is 0 Å². The molecule has 0 atom stereocenters. The Kier molecular flexibility index (Phi) is 7.66. The largest absolute Gasteiger partial charge is 0.477 e. The first-order valence-corrected chi connectivity index (χ1v) is 8.49. The van der Waals surface area contributed by atoms with E-state index in [1.807, 2.05) is 32.2 Å². The van der Waals surface area contributed by atoms with Crippen molar-refractivity contribution in [1.29, 1.82) is 0 Å². The molecule has 23 heavy (non-hydrogen) atoms. The third kappa shape index (κ3) is 7.32. The highest BCUT2D eigenvalue weighted by molar-refractivity contribution is 5.79. The molecule has 0 bridgehead atoms. The summed E-state index contributed by atoms with van der Waals surface area (Å²) in [5, 5.41) is 6.46. The maximum atomic E-state index is 5.64. The van der Waals surface area contributed by atoms with E-state index in [0.29, 0.717) is 19.0 Å². The highest BCUT2D eigenvalue weighted by Crippen LogP contribution is 2.29. The maximum Gasteiger partial charge on any atom is 0.213 e. The van der Waals surface area contributed by atoms with E-state index in [1.165, 1.54) is 12.8 Å². The van der Waals surface area contributed by atoms with Crippen molar-refractivity contribution >= 4 is 5.96 Å². The zero-order chi connectivity index (χ0) is 16.3. The highest BCUT2D eigenvalue weighted by Gasteiger charge is 2.21. The van der Waals surface area contributed by atoms with Gasteiger partial charge in [0.2, 0.25) is 5.88 Å². The number of rotatable bonds is 10. The lowest BCUT2D eigenvalue weighted by Gasteiger charge is -2.11. The predicted molar refractivity (Wildman–Crippen MR) is 91.8 cm³/mol. The Labute approximate surface area is 138 Å². The van der Waals surface area contributed by atoms with Gasteiger partial charge in [0.15, 0.2) is 5.96 Å². The Morgan fingerprint density at radius 3 is 2.83 bits per heavy atom. The minimum atomic E-state index is 0.583. The maximum absolute atomic E-state index is 5.64. The van der Waals surface area contributed by atoms with Crippen LogP contribution in [-0.4, -0.2) is 43.9 Å². The molecule has 2 N–H and O–H groups in total. The Hall–Kier alpha value is -1.82. The van der Waals surface area contributed by atoms with E-state index in [2.05, 4.69) is 20.6 Å². The molecule has 0 unspecified atom stereocenters. The van der Waals surface area contributed by atoms with Crippen LogP contribution in [-0.2, 0) is 11.3 Å². The number of aliphatic imine (C=N–C) groups is 1. The molecule has 1 aliphatic carbocycles. The fourth-order valence-electron chi connectivity index (χ4n) is 1.98. The molecule has 1 saturated carbocycles. The van der Waals surface area contributed by atoms with Crippen molar-refractivity contribution in [3.05, 3.63) is 23.9 Å². The molecule has 1 aliphatic rings. The molecule has 2 rings (SSSR count). The monoisotopic (exact) mass is 320 g/mol. The fraction of sp³-hybridized carbons (Fsp3) is 0.647. The van der Waals surface area contributed by atoms with Crippen molar-refractivity contribution in [3.8, 4) is 5.88 Å². The van der Waals surface area contributed by atoms with Crippen LogP contribution in [0.1, 0.15) is 32.3 Å². The molecule has 0 spiro atoms. The van der Waals surface area contributed by atoms with Crippen LogP contribution in [0.25, 0.3) is 0 Å².